The minimum Gasteiger partial charge on any atom is -0.461 e. The monoisotopic (exact) mass is 360 g/mol. The Morgan fingerprint density at radius 3 is 2.80 bits per heavy atom. The van der Waals surface area contributed by atoms with Gasteiger partial charge in [0.25, 0.3) is 0 Å². The van der Waals surface area contributed by atoms with Gasteiger partial charge in [-0.15, -0.1) is 12.4 Å². The van der Waals surface area contributed by atoms with Crippen molar-refractivity contribution in [3.63, 3.8) is 0 Å². The molecular formula is C20H25ClN2O2. The second-order valence-corrected chi connectivity index (χ2v) is 6.99. The van der Waals surface area contributed by atoms with E-state index >= 15 is 0 Å². The van der Waals surface area contributed by atoms with Gasteiger partial charge in [-0.05, 0) is 31.4 Å². The van der Waals surface area contributed by atoms with E-state index in [4.69, 9.17) is 4.42 Å². The quantitative estimate of drug-likeness (QED) is 0.908. The van der Waals surface area contributed by atoms with E-state index in [1.807, 2.05) is 12.1 Å². The van der Waals surface area contributed by atoms with Crippen molar-refractivity contribution in [2.24, 2.45) is 5.92 Å². The topological polar surface area (TPSA) is 45.5 Å². The van der Waals surface area contributed by atoms with E-state index < -0.39 is 0 Å². The highest BCUT2D eigenvalue weighted by Crippen LogP contribution is 2.28. The Labute approximate surface area is 155 Å². The molecule has 1 aromatic carbocycles. The molecule has 1 amide bonds. The van der Waals surface area contributed by atoms with E-state index in [1.165, 1.54) is 5.56 Å². The number of hydrogen-bond donors (Lipinski definition) is 1. The lowest BCUT2D eigenvalue weighted by Gasteiger charge is -2.23. The number of halogens is 1. The summed E-state index contributed by atoms with van der Waals surface area (Å²) in [4.78, 5) is 14.6. The van der Waals surface area contributed by atoms with Crippen molar-refractivity contribution in [3.8, 4) is 11.3 Å². The van der Waals surface area contributed by atoms with E-state index in [9.17, 15) is 4.79 Å². The van der Waals surface area contributed by atoms with Crippen LogP contribution in [-0.4, -0.2) is 36.5 Å². The summed E-state index contributed by atoms with van der Waals surface area (Å²) in [6, 6.07) is 12.7. The molecule has 0 spiro atoms. The fourth-order valence-electron chi connectivity index (χ4n) is 3.92. The van der Waals surface area contributed by atoms with Gasteiger partial charge in [-0.1, -0.05) is 29.8 Å². The number of carbonyl (C=O) groups excluding carboxylic acids is 1. The lowest BCUT2D eigenvalue weighted by atomic mass is 10.1. The maximum atomic E-state index is 12.5. The molecule has 2 atom stereocenters. The largest absolute Gasteiger partial charge is 0.461 e. The normalized spacial score (nSPS) is 21.9. The van der Waals surface area contributed by atoms with Crippen LogP contribution in [0.1, 0.15) is 24.2 Å². The first kappa shape index (κ1) is 18.0. The fourth-order valence-corrected chi connectivity index (χ4v) is 3.92. The molecule has 2 aliphatic rings. The third-order valence-electron chi connectivity index (χ3n) is 5.35. The van der Waals surface area contributed by atoms with E-state index in [0.717, 1.165) is 43.1 Å². The van der Waals surface area contributed by atoms with Gasteiger partial charge < -0.3 is 14.6 Å². The van der Waals surface area contributed by atoms with Gasteiger partial charge in [-0.2, -0.15) is 0 Å². The van der Waals surface area contributed by atoms with Crippen molar-refractivity contribution >= 4 is 18.3 Å². The number of amides is 1. The zero-order chi connectivity index (χ0) is 16.5. The molecule has 4 rings (SSSR count). The number of rotatable bonds is 4. The summed E-state index contributed by atoms with van der Waals surface area (Å²) >= 11 is 0. The van der Waals surface area contributed by atoms with Crippen molar-refractivity contribution in [2.75, 3.05) is 19.6 Å². The van der Waals surface area contributed by atoms with Crippen LogP contribution in [0.5, 0.6) is 0 Å². The Balaban J connectivity index is 0.00000182. The van der Waals surface area contributed by atoms with Crippen LogP contribution < -0.4 is 5.32 Å². The minimum absolute atomic E-state index is 0. The van der Waals surface area contributed by atoms with Gasteiger partial charge in [0.05, 0.1) is 0 Å². The molecule has 1 aromatic heterocycles. The summed E-state index contributed by atoms with van der Waals surface area (Å²) in [6.07, 6.45) is 2.35. The molecule has 2 fully saturated rings. The van der Waals surface area contributed by atoms with Crippen LogP contribution in [0.25, 0.3) is 11.3 Å². The summed E-state index contributed by atoms with van der Waals surface area (Å²) in [6.45, 7) is 5.01. The molecule has 2 aromatic rings. The minimum atomic E-state index is 0. The van der Waals surface area contributed by atoms with Crippen LogP contribution in [0.15, 0.2) is 40.8 Å². The predicted molar refractivity (Wildman–Crippen MR) is 101 cm³/mol. The first-order valence-electron chi connectivity index (χ1n) is 8.86. The Kier molecular flexibility index (Phi) is 5.50. The van der Waals surface area contributed by atoms with Crippen molar-refractivity contribution in [2.45, 2.75) is 32.2 Å². The van der Waals surface area contributed by atoms with E-state index in [2.05, 4.69) is 41.4 Å². The number of aryl methyl sites for hydroxylation is 2. The molecule has 25 heavy (non-hydrogen) atoms. The van der Waals surface area contributed by atoms with E-state index in [0.29, 0.717) is 24.8 Å². The molecule has 5 heteroatoms. The number of nitrogens with one attached hydrogen (secondary N) is 1. The number of furan rings is 1. The molecule has 3 heterocycles. The first-order valence-corrected chi connectivity index (χ1v) is 8.86. The van der Waals surface area contributed by atoms with Crippen molar-refractivity contribution in [1.29, 1.82) is 0 Å². The number of nitrogens with zero attached hydrogens (tertiary/aromatic N) is 1. The summed E-state index contributed by atoms with van der Waals surface area (Å²) in [5.41, 5.74) is 2.32. The van der Waals surface area contributed by atoms with Crippen LogP contribution in [0.3, 0.4) is 0 Å². The molecule has 0 aliphatic carbocycles. The van der Waals surface area contributed by atoms with Gasteiger partial charge >= 0.3 is 0 Å². The highest BCUT2D eigenvalue weighted by molar-refractivity contribution is 5.85. The molecule has 0 radical (unpaired) electrons. The highest BCUT2D eigenvalue weighted by Gasteiger charge is 2.39. The van der Waals surface area contributed by atoms with Crippen LogP contribution >= 0.6 is 12.4 Å². The number of fused-ring (bicyclic) bond motifs is 1. The molecule has 0 saturated carbocycles. The van der Waals surface area contributed by atoms with Crippen molar-refractivity contribution < 1.29 is 9.21 Å². The van der Waals surface area contributed by atoms with Crippen LogP contribution in [-0.2, 0) is 11.2 Å². The Hall–Kier alpha value is -1.78. The van der Waals surface area contributed by atoms with Crippen molar-refractivity contribution in [1.82, 2.24) is 10.2 Å². The number of benzene rings is 1. The first-order chi connectivity index (χ1) is 11.7. The SMILES string of the molecule is Cc1ccc(-c2ccc(CCC(=O)N3CC[C@H]4CNC[C@H]43)o2)cc1.Cl. The van der Waals surface area contributed by atoms with Gasteiger partial charge in [0.2, 0.25) is 5.91 Å². The molecule has 0 bridgehead atoms. The van der Waals surface area contributed by atoms with Crippen molar-refractivity contribution in [3.05, 3.63) is 47.7 Å². The van der Waals surface area contributed by atoms with Gasteiger partial charge in [0, 0.05) is 44.1 Å². The van der Waals surface area contributed by atoms with E-state index in [-0.39, 0.29) is 18.3 Å². The zero-order valence-corrected chi connectivity index (χ0v) is 15.3. The van der Waals surface area contributed by atoms with Gasteiger partial charge in [-0.3, -0.25) is 4.79 Å². The maximum Gasteiger partial charge on any atom is 0.223 e. The number of hydrogen-bond acceptors (Lipinski definition) is 3. The molecule has 134 valence electrons. The van der Waals surface area contributed by atoms with Gasteiger partial charge in [-0.25, -0.2) is 0 Å². The second kappa shape index (κ2) is 7.63. The Morgan fingerprint density at radius 2 is 2.00 bits per heavy atom. The predicted octanol–water partition coefficient (Wildman–Crippen LogP) is 3.43. The molecule has 2 saturated heterocycles. The smallest absolute Gasteiger partial charge is 0.223 e. The maximum absolute atomic E-state index is 12.5. The van der Waals surface area contributed by atoms with Crippen LogP contribution in [0.2, 0.25) is 0 Å². The van der Waals surface area contributed by atoms with E-state index in [1.54, 1.807) is 0 Å². The molecule has 0 unspecified atom stereocenters. The standard InChI is InChI=1S/C20H24N2O2.ClH/c1-14-2-4-15(5-3-14)19-8-6-17(24-19)7-9-20(23)22-11-10-16-12-21-13-18(16)22;/h2-6,8,16,18,21H,7,9-13H2,1H3;1H/t16-,18+;/m0./s1. The summed E-state index contributed by atoms with van der Waals surface area (Å²) < 4.78 is 5.93. The molecular weight excluding hydrogens is 336 g/mol. The zero-order valence-electron chi connectivity index (χ0n) is 14.5. The fraction of sp³-hybridized carbons (Fsp3) is 0.450. The average molecular weight is 361 g/mol. The lowest BCUT2D eigenvalue weighted by Crippen LogP contribution is -2.39. The Morgan fingerprint density at radius 1 is 1.20 bits per heavy atom. The number of likely N-dealkylation sites (tertiary alicyclic amines) is 1. The summed E-state index contributed by atoms with van der Waals surface area (Å²) in [5, 5.41) is 3.40. The molecule has 4 nitrogen and oxygen atoms in total. The average Bonchev–Trinajstić information content (AvgIpc) is 3.30. The number of carbonyl (C=O) groups is 1. The Bertz CT molecular complexity index is 726. The summed E-state index contributed by atoms with van der Waals surface area (Å²) in [7, 11) is 0. The highest BCUT2D eigenvalue weighted by atomic mass is 35.5. The lowest BCUT2D eigenvalue weighted by molar-refractivity contribution is -0.132. The van der Waals surface area contributed by atoms with Gasteiger partial charge in [0.15, 0.2) is 0 Å². The summed E-state index contributed by atoms with van der Waals surface area (Å²) in [5.74, 6) is 2.68. The molecule has 1 N–H and O–H groups in total. The second-order valence-electron chi connectivity index (χ2n) is 6.99. The van der Waals surface area contributed by atoms with Gasteiger partial charge in [0.1, 0.15) is 11.5 Å². The van der Waals surface area contributed by atoms with Crippen LogP contribution in [0, 0.1) is 12.8 Å². The molecule has 2 aliphatic heterocycles. The van der Waals surface area contributed by atoms with Crippen LogP contribution in [0.4, 0.5) is 0 Å². The third kappa shape index (κ3) is 3.75. The third-order valence-corrected chi connectivity index (χ3v) is 5.35.